The van der Waals surface area contributed by atoms with Crippen molar-refractivity contribution < 1.29 is 4.39 Å². The van der Waals surface area contributed by atoms with Gasteiger partial charge in [0.25, 0.3) is 0 Å². The summed E-state index contributed by atoms with van der Waals surface area (Å²) >= 11 is 0. The Kier molecular flexibility index (Phi) is 3.40. The SMILES string of the molecule is Cc1[nH]ncc1Nc1ncc(F)c(-n2ccc3c(C#N)cccc32)n1. The quantitative estimate of drug-likeness (QED) is 0.600. The van der Waals surface area contributed by atoms with Crippen LogP contribution in [0.4, 0.5) is 16.0 Å². The minimum absolute atomic E-state index is 0.101. The van der Waals surface area contributed by atoms with Gasteiger partial charge in [-0.05, 0) is 25.1 Å². The molecule has 0 saturated carbocycles. The summed E-state index contributed by atoms with van der Waals surface area (Å²) in [4.78, 5) is 8.25. The van der Waals surface area contributed by atoms with Crippen LogP contribution in [0.2, 0.25) is 0 Å². The molecule has 4 aromatic rings. The molecule has 122 valence electrons. The number of anilines is 2. The number of nitrogens with zero attached hydrogens (tertiary/aromatic N) is 5. The molecule has 0 spiro atoms. The Hall–Kier alpha value is -3.73. The molecule has 3 heterocycles. The molecule has 0 bridgehead atoms. The maximum atomic E-state index is 14.3. The molecule has 0 unspecified atom stereocenters. The maximum Gasteiger partial charge on any atom is 0.229 e. The number of nitriles is 1. The molecular formula is C17H12FN7. The summed E-state index contributed by atoms with van der Waals surface area (Å²) < 4.78 is 15.9. The van der Waals surface area contributed by atoms with Crippen LogP contribution < -0.4 is 5.32 Å². The number of aromatic nitrogens is 5. The van der Waals surface area contributed by atoms with E-state index < -0.39 is 5.82 Å². The molecule has 1 aromatic carbocycles. The Labute approximate surface area is 141 Å². The standard InChI is InChI=1S/C17H12FN7/c1-10-14(9-21-24-10)22-17-20-8-13(18)16(23-17)25-6-5-12-11(7-19)3-2-4-15(12)25/h2-6,8-9H,1H3,(H,21,24)(H,20,22,23). The number of hydrogen-bond donors (Lipinski definition) is 2. The van der Waals surface area contributed by atoms with Gasteiger partial charge < -0.3 is 5.32 Å². The largest absolute Gasteiger partial charge is 0.321 e. The summed E-state index contributed by atoms with van der Waals surface area (Å²) in [6.07, 6.45) is 4.40. The summed E-state index contributed by atoms with van der Waals surface area (Å²) in [5, 5.41) is 19.7. The highest BCUT2D eigenvalue weighted by atomic mass is 19.1. The molecule has 0 amide bonds. The molecule has 0 saturated heterocycles. The lowest BCUT2D eigenvalue weighted by molar-refractivity contribution is 0.604. The maximum absolute atomic E-state index is 14.3. The molecule has 0 radical (unpaired) electrons. The molecule has 0 aliphatic rings. The van der Waals surface area contributed by atoms with Crippen LogP contribution in [0.25, 0.3) is 16.7 Å². The van der Waals surface area contributed by atoms with Crippen LogP contribution in [0.1, 0.15) is 11.3 Å². The van der Waals surface area contributed by atoms with E-state index in [0.29, 0.717) is 16.8 Å². The minimum Gasteiger partial charge on any atom is -0.321 e. The van der Waals surface area contributed by atoms with E-state index in [-0.39, 0.29) is 11.8 Å². The lowest BCUT2D eigenvalue weighted by Crippen LogP contribution is -2.05. The van der Waals surface area contributed by atoms with Gasteiger partial charge in [-0.1, -0.05) is 6.07 Å². The van der Waals surface area contributed by atoms with Gasteiger partial charge in [-0.3, -0.25) is 9.67 Å². The highest BCUT2D eigenvalue weighted by molar-refractivity contribution is 5.87. The first-order valence-corrected chi connectivity index (χ1v) is 7.47. The van der Waals surface area contributed by atoms with E-state index in [0.717, 1.165) is 17.3 Å². The second kappa shape index (κ2) is 5.72. The van der Waals surface area contributed by atoms with Gasteiger partial charge in [-0.25, -0.2) is 9.37 Å². The third-order valence-electron chi connectivity index (χ3n) is 3.88. The zero-order chi connectivity index (χ0) is 17.4. The van der Waals surface area contributed by atoms with E-state index in [9.17, 15) is 9.65 Å². The summed E-state index contributed by atoms with van der Waals surface area (Å²) in [6, 6.07) is 9.19. The number of halogens is 1. The van der Waals surface area contributed by atoms with Gasteiger partial charge in [0, 0.05) is 11.6 Å². The average molecular weight is 333 g/mol. The van der Waals surface area contributed by atoms with E-state index in [4.69, 9.17) is 0 Å². The zero-order valence-corrected chi connectivity index (χ0v) is 13.2. The Bertz CT molecular complexity index is 1120. The van der Waals surface area contributed by atoms with Crippen molar-refractivity contribution in [2.45, 2.75) is 6.92 Å². The molecule has 2 N–H and O–H groups in total. The Morgan fingerprint density at radius 2 is 2.16 bits per heavy atom. The monoisotopic (exact) mass is 333 g/mol. The van der Waals surface area contributed by atoms with Crippen LogP contribution in [-0.2, 0) is 0 Å². The first kappa shape index (κ1) is 14.8. The molecule has 8 heteroatoms. The second-order valence-corrected chi connectivity index (χ2v) is 5.43. The van der Waals surface area contributed by atoms with Crippen LogP contribution in [0.3, 0.4) is 0 Å². The van der Waals surface area contributed by atoms with E-state index in [1.165, 1.54) is 0 Å². The van der Waals surface area contributed by atoms with Crippen molar-refractivity contribution in [2.75, 3.05) is 5.32 Å². The van der Waals surface area contributed by atoms with Gasteiger partial charge in [0.2, 0.25) is 5.95 Å². The molecule has 0 atom stereocenters. The highest BCUT2D eigenvalue weighted by Gasteiger charge is 2.14. The van der Waals surface area contributed by atoms with Gasteiger partial charge in [0.05, 0.1) is 40.9 Å². The van der Waals surface area contributed by atoms with Gasteiger partial charge in [-0.2, -0.15) is 15.3 Å². The highest BCUT2D eigenvalue weighted by Crippen LogP contribution is 2.24. The van der Waals surface area contributed by atoms with Crippen molar-refractivity contribution in [3.63, 3.8) is 0 Å². The van der Waals surface area contributed by atoms with Crippen molar-refractivity contribution in [1.82, 2.24) is 24.7 Å². The topological polar surface area (TPSA) is 95.2 Å². The number of benzene rings is 1. The third kappa shape index (κ3) is 2.48. The fraction of sp³-hybridized carbons (Fsp3) is 0.0588. The number of aromatic amines is 1. The Morgan fingerprint density at radius 1 is 1.28 bits per heavy atom. The molecule has 0 aliphatic heterocycles. The second-order valence-electron chi connectivity index (χ2n) is 5.43. The molecular weight excluding hydrogens is 321 g/mol. The summed E-state index contributed by atoms with van der Waals surface area (Å²) in [6.45, 7) is 1.85. The van der Waals surface area contributed by atoms with Crippen molar-refractivity contribution in [3.05, 3.63) is 59.9 Å². The first-order chi connectivity index (χ1) is 12.2. The van der Waals surface area contributed by atoms with Crippen LogP contribution in [0.15, 0.2) is 42.9 Å². The lowest BCUT2D eigenvalue weighted by Gasteiger charge is -2.09. The molecule has 4 rings (SSSR count). The number of hydrogen-bond acceptors (Lipinski definition) is 5. The van der Waals surface area contributed by atoms with Crippen LogP contribution in [0.5, 0.6) is 0 Å². The molecule has 7 nitrogen and oxygen atoms in total. The van der Waals surface area contributed by atoms with Crippen molar-refractivity contribution in [3.8, 4) is 11.9 Å². The van der Waals surface area contributed by atoms with E-state index >= 15 is 0 Å². The normalized spacial score (nSPS) is 10.8. The van der Waals surface area contributed by atoms with E-state index in [1.807, 2.05) is 13.0 Å². The molecule has 0 fully saturated rings. The van der Waals surface area contributed by atoms with Gasteiger partial charge in [-0.15, -0.1) is 0 Å². The zero-order valence-electron chi connectivity index (χ0n) is 13.2. The predicted octanol–water partition coefficient (Wildman–Crippen LogP) is 3.21. The van der Waals surface area contributed by atoms with Crippen molar-refractivity contribution in [1.29, 1.82) is 5.26 Å². The van der Waals surface area contributed by atoms with Gasteiger partial charge in [0.15, 0.2) is 11.6 Å². The number of fused-ring (bicyclic) bond motifs is 1. The first-order valence-electron chi connectivity index (χ1n) is 7.47. The number of rotatable bonds is 3. The summed E-state index contributed by atoms with van der Waals surface area (Å²) in [7, 11) is 0. The predicted molar refractivity (Wildman–Crippen MR) is 90.1 cm³/mol. The minimum atomic E-state index is -0.561. The van der Waals surface area contributed by atoms with Crippen molar-refractivity contribution in [2.24, 2.45) is 0 Å². The number of aryl methyl sites for hydroxylation is 1. The van der Waals surface area contributed by atoms with Gasteiger partial charge in [0.1, 0.15) is 0 Å². The number of nitrogens with one attached hydrogen (secondary N) is 2. The summed E-state index contributed by atoms with van der Waals surface area (Å²) in [5.74, 6) is -0.211. The van der Waals surface area contributed by atoms with E-state index in [1.54, 1.807) is 35.2 Å². The van der Waals surface area contributed by atoms with E-state index in [2.05, 4.69) is 31.6 Å². The van der Waals surface area contributed by atoms with Gasteiger partial charge >= 0.3 is 0 Å². The number of H-pyrrole nitrogens is 1. The smallest absolute Gasteiger partial charge is 0.229 e. The van der Waals surface area contributed by atoms with Crippen molar-refractivity contribution >= 4 is 22.5 Å². The molecule has 25 heavy (non-hydrogen) atoms. The lowest BCUT2D eigenvalue weighted by atomic mass is 10.1. The fourth-order valence-electron chi connectivity index (χ4n) is 2.63. The van der Waals surface area contributed by atoms with Crippen LogP contribution in [-0.4, -0.2) is 24.7 Å². The summed E-state index contributed by atoms with van der Waals surface area (Å²) in [5.41, 5.74) is 2.75. The Morgan fingerprint density at radius 3 is 2.92 bits per heavy atom. The van der Waals surface area contributed by atoms with Crippen LogP contribution >= 0.6 is 0 Å². The fourth-order valence-corrected chi connectivity index (χ4v) is 2.63. The average Bonchev–Trinajstić information content (AvgIpc) is 3.23. The van der Waals surface area contributed by atoms with Crippen LogP contribution in [0, 0.1) is 24.1 Å². The molecule has 3 aromatic heterocycles. The Balaban J connectivity index is 1.82. The third-order valence-corrected chi connectivity index (χ3v) is 3.88. The molecule has 0 aliphatic carbocycles.